The van der Waals surface area contributed by atoms with Gasteiger partial charge in [-0.25, -0.2) is 9.50 Å². The average molecular weight is 365 g/mol. The highest BCUT2D eigenvalue weighted by molar-refractivity contribution is 7.07. The quantitative estimate of drug-likeness (QED) is 0.585. The third-order valence-corrected chi connectivity index (χ3v) is 5.07. The topological polar surface area (TPSA) is 59.4 Å². The maximum Gasteiger partial charge on any atom is 0.272 e. The van der Waals surface area contributed by atoms with E-state index in [0.29, 0.717) is 18.7 Å². The molecule has 0 amide bonds. The van der Waals surface area contributed by atoms with Crippen LogP contribution in [0.1, 0.15) is 22.5 Å². The summed E-state index contributed by atoms with van der Waals surface area (Å²) in [4.78, 5) is 17.4. The first kappa shape index (κ1) is 16.8. The first-order valence-electron chi connectivity index (χ1n) is 8.36. The van der Waals surface area contributed by atoms with E-state index < -0.39 is 0 Å². The van der Waals surface area contributed by atoms with E-state index in [4.69, 9.17) is 9.72 Å². The van der Waals surface area contributed by atoms with Gasteiger partial charge in [-0.3, -0.25) is 9.89 Å². The molecule has 6 heteroatoms. The lowest BCUT2D eigenvalue weighted by atomic mass is 10.0. The lowest BCUT2D eigenvalue weighted by Gasteiger charge is -2.05. The number of nitrogens with one attached hydrogen (secondary N) is 1. The summed E-state index contributed by atoms with van der Waals surface area (Å²) in [6, 6.07) is 11.9. The number of aromatic nitrogens is 3. The summed E-state index contributed by atoms with van der Waals surface area (Å²) in [6.07, 6.45) is 0.646. The highest BCUT2D eigenvalue weighted by Gasteiger charge is 2.17. The summed E-state index contributed by atoms with van der Waals surface area (Å²) in [5.41, 5.74) is 6.41. The highest BCUT2D eigenvalue weighted by atomic mass is 32.1. The number of methoxy groups -OCH3 is 1. The number of aryl methyl sites for hydroxylation is 1. The first-order valence-corrected chi connectivity index (χ1v) is 9.30. The fourth-order valence-electron chi connectivity index (χ4n) is 3.10. The van der Waals surface area contributed by atoms with Gasteiger partial charge in [-0.2, -0.15) is 11.3 Å². The maximum atomic E-state index is 12.6. The molecule has 0 saturated carbocycles. The molecule has 0 spiro atoms. The van der Waals surface area contributed by atoms with E-state index in [-0.39, 0.29) is 5.56 Å². The first-order chi connectivity index (χ1) is 12.7. The number of H-pyrrole nitrogens is 1. The molecule has 4 rings (SSSR count). The molecule has 0 aliphatic rings. The van der Waals surface area contributed by atoms with Crippen molar-refractivity contribution < 1.29 is 4.74 Å². The molecule has 0 fully saturated rings. The molecular weight excluding hydrogens is 346 g/mol. The van der Waals surface area contributed by atoms with Crippen LogP contribution in [0.5, 0.6) is 0 Å². The Hall–Kier alpha value is -2.70. The lowest BCUT2D eigenvalue weighted by molar-refractivity contribution is 0.181. The summed E-state index contributed by atoms with van der Waals surface area (Å²) < 4.78 is 6.83. The molecule has 3 aromatic heterocycles. The van der Waals surface area contributed by atoms with Crippen molar-refractivity contribution in [3.05, 3.63) is 80.0 Å². The standard InChI is InChI=1S/C20H19N3O2S/c1-13-3-5-15(6-4-13)19-17(11-25-2)22-23-18(24)10-16(21-20(19)23)9-14-7-8-26-12-14/h3-8,10,12,22H,9,11H2,1-2H3. The minimum Gasteiger partial charge on any atom is -0.378 e. The van der Waals surface area contributed by atoms with E-state index >= 15 is 0 Å². The zero-order chi connectivity index (χ0) is 18.1. The SMILES string of the molecule is COCc1[nH]n2c(=O)cc(Cc3ccsc3)nc2c1-c1ccc(C)cc1. The molecule has 0 bridgehead atoms. The van der Waals surface area contributed by atoms with Gasteiger partial charge < -0.3 is 4.74 Å². The lowest BCUT2D eigenvalue weighted by Crippen LogP contribution is -2.16. The predicted molar refractivity (Wildman–Crippen MR) is 104 cm³/mol. The Labute approximate surface area is 154 Å². The Morgan fingerprint density at radius 1 is 1.23 bits per heavy atom. The Balaban J connectivity index is 1.91. The normalized spacial score (nSPS) is 11.3. The molecule has 0 aliphatic heterocycles. The molecule has 5 nitrogen and oxygen atoms in total. The van der Waals surface area contributed by atoms with Crippen LogP contribution < -0.4 is 5.56 Å². The van der Waals surface area contributed by atoms with Crippen molar-refractivity contribution in [2.75, 3.05) is 7.11 Å². The number of aromatic amines is 1. The third kappa shape index (κ3) is 3.09. The Morgan fingerprint density at radius 2 is 2.04 bits per heavy atom. The fourth-order valence-corrected chi connectivity index (χ4v) is 3.77. The van der Waals surface area contributed by atoms with Gasteiger partial charge in [-0.15, -0.1) is 0 Å². The number of thiophene rings is 1. The second kappa shape index (κ2) is 6.90. The zero-order valence-electron chi connectivity index (χ0n) is 14.7. The largest absolute Gasteiger partial charge is 0.378 e. The molecule has 1 N–H and O–H groups in total. The molecule has 0 aliphatic carbocycles. The Morgan fingerprint density at radius 3 is 2.73 bits per heavy atom. The minimum absolute atomic E-state index is 0.115. The number of rotatable bonds is 5. The smallest absolute Gasteiger partial charge is 0.272 e. The second-order valence-corrected chi connectivity index (χ2v) is 7.10. The van der Waals surface area contributed by atoms with Crippen molar-refractivity contribution in [3.8, 4) is 11.1 Å². The van der Waals surface area contributed by atoms with Crippen LogP contribution in [0.25, 0.3) is 16.8 Å². The van der Waals surface area contributed by atoms with E-state index in [1.807, 2.05) is 5.38 Å². The van der Waals surface area contributed by atoms with Gasteiger partial charge in [0.25, 0.3) is 5.56 Å². The van der Waals surface area contributed by atoms with E-state index in [0.717, 1.165) is 28.1 Å². The van der Waals surface area contributed by atoms with Crippen LogP contribution in [0.2, 0.25) is 0 Å². The molecule has 0 atom stereocenters. The summed E-state index contributed by atoms with van der Waals surface area (Å²) in [5.74, 6) is 0. The second-order valence-electron chi connectivity index (χ2n) is 6.32. The van der Waals surface area contributed by atoms with Crippen molar-refractivity contribution in [1.29, 1.82) is 0 Å². The number of fused-ring (bicyclic) bond motifs is 1. The van der Waals surface area contributed by atoms with Crippen LogP contribution >= 0.6 is 11.3 Å². The monoisotopic (exact) mass is 365 g/mol. The summed E-state index contributed by atoms with van der Waals surface area (Å²) in [6.45, 7) is 2.43. The van der Waals surface area contributed by atoms with E-state index in [9.17, 15) is 4.79 Å². The molecule has 0 saturated heterocycles. The van der Waals surface area contributed by atoms with Crippen LogP contribution in [0.4, 0.5) is 0 Å². The number of nitrogens with zero attached hydrogens (tertiary/aromatic N) is 2. The minimum atomic E-state index is -0.115. The van der Waals surface area contributed by atoms with Crippen LogP contribution in [-0.2, 0) is 17.8 Å². The van der Waals surface area contributed by atoms with Crippen LogP contribution in [0, 0.1) is 6.92 Å². The molecule has 26 heavy (non-hydrogen) atoms. The third-order valence-electron chi connectivity index (χ3n) is 4.34. The molecule has 3 heterocycles. The summed E-state index contributed by atoms with van der Waals surface area (Å²) in [7, 11) is 1.64. The Kier molecular flexibility index (Phi) is 4.44. The zero-order valence-corrected chi connectivity index (χ0v) is 15.5. The number of ether oxygens (including phenoxy) is 1. The van der Waals surface area contributed by atoms with Gasteiger partial charge in [0.05, 0.1) is 18.0 Å². The van der Waals surface area contributed by atoms with Crippen molar-refractivity contribution in [2.24, 2.45) is 0 Å². The molecule has 1 aromatic carbocycles. The van der Waals surface area contributed by atoms with Crippen LogP contribution in [0.15, 0.2) is 52.0 Å². The molecule has 0 unspecified atom stereocenters. The maximum absolute atomic E-state index is 12.6. The number of benzene rings is 1. The van der Waals surface area contributed by atoms with E-state index in [2.05, 4.69) is 47.7 Å². The van der Waals surface area contributed by atoms with Gasteiger partial charge >= 0.3 is 0 Å². The van der Waals surface area contributed by atoms with E-state index in [1.165, 1.54) is 10.1 Å². The van der Waals surface area contributed by atoms with Gasteiger partial charge in [-0.1, -0.05) is 29.8 Å². The number of hydrogen-bond donors (Lipinski definition) is 1. The summed E-state index contributed by atoms with van der Waals surface area (Å²) >= 11 is 1.64. The van der Waals surface area contributed by atoms with Gasteiger partial charge in [-0.05, 0) is 34.9 Å². The average Bonchev–Trinajstić information content (AvgIpc) is 3.24. The van der Waals surface area contributed by atoms with E-state index in [1.54, 1.807) is 24.5 Å². The van der Waals surface area contributed by atoms with Crippen molar-refractivity contribution in [2.45, 2.75) is 20.0 Å². The van der Waals surface area contributed by atoms with Gasteiger partial charge in [0, 0.05) is 25.2 Å². The van der Waals surface area contributed by atoms with Crippen molar-refractivity contribution in [3.63, 3.8) is 0 Å². The predicted octanol–water partition coefficient (Wildman–Crippen LogP) is 3.80. The van der Waals surface area contributed by atoms with Gasteiger partial charge in [0.15, 0.2) is 5.65 Å². The summed E-state index contributed by atoms with van der Waals surface area (Å²) in [5, 5.41) is 7.27. The number of hydrogen-bond acceptors (Lipinski definition) is 4. The fraction of sp³-hybridized carbons (Fsp3) is 0.200. The molecule has 0 radical (unpaired) electrons. The van der Waals surface area contributed by atoms with Crippen molar-refractivity contribution >= 4 is 17.0 Å². The van der Waals surface area contributed by atoms with Gasteiger partial charge in [0.1, 0.15) is 0 Å². The Bertz CT molecular complexity index is 1090. The highest BCUT2D eigenvalue weighted by Crippen LogP contribution is 2.28. The van der Waals surface area contributed by atoms with Crippen LogP contribution in [-0.4, -0.2) is 21.7 Å². The van der Waals surface area contributed by atoms with Crippen LogP contribution in [0.3, 0.4) is 0 Å². The molecule has 4 aromatic rings. The molecular formula is C20H19N3O2S. The molecule has 132 valence electrons. The van der Waals surface area contributed by atoms with Gasteiger partial charge in [0.2, 0.25) is 0 Å². The van der Waals surface area contributed by atoms with Crippen molar-refractivity contribution in [1.82, 2.24) is 14.6 Å².